The lowest BCUT2D eigenvalue weighted by molar-refractivity contribution is 0.353. The maximum absolute atomic E-state index is 5.91. The topological polar surface area (TPSA) is 42.8 Å². The summed E-state index contributed by atoms with van der Waals surface area (Å²) in [6, 6.07) is 11.0. The lowest BCUT2D eigenvalue weighted by atomic mass is 10.2. The van der Waals surface area contributed by atoms with Gasteiger partial charge in [0.15, 0.2) is 11.5 Å². The normalized spacial score (nSPS) is 10.7. The second kappa shape index (κ2) is 7.33. The van der Waals surface area contributed by atoms with Crippen molar-refractivity contribution in [2.45, 2.75) is 0 Å². The molecule has 0 aliphatic rings. The SMILES string of the molecule is COc1ccc(C=NNc2cccc(Cl)c2)c(Br)c1OC. The smallest absolute Gasteiger partial charge is 0.175 e. The second-order valence-electron chi connectivity index (χ2n) is 4.08. The third-order valence-corrected chi connectivity index (χ3v) is 3.79. The van der Waals surface area contributed by atoms with Crippen LogP contribution in [0.1, 0.15) is 5.56 Å². The number of nitrogens with one attached hydrogen (secondary N) is 1. The molecule has 0 unspecified atom stereocenters. The summed E-state index contributed by atoms with van der Waals surface area (Å²) in [6.45, 7) is 0. The van der Waals surface area contributed by atoms with E-state index in [1.807, 2.05) is 24.3 Å². The summed E-state index contributed by atoms with van der Waals surface area (Å²) in [4.78, 5) is 0. The molecule has 0 fully saturated rings. The van der Waals surface area contributed by atoms with Gasteiger partial charge < -0.3 is 9.47 Å². The second-order valence-corrected chi connectivity index (χ2v) is 5.31. The van der Waals surface area contributed by atoms with Crippen LogP contribution in [0.2, 0.25) is 5.02 Å². The van der Waals surface area contributed by atoms with Crippen LogP contribution in [0.3, 0.4) is 0 Å². The summed E-state index contributed by atoms with van der Waals surface area (Å²) in [5.74, 6) is 1.29. The monoisotopic (exact) mass is 368 g/mol. The number of nitrogens with zero attached hydrogens (tertiary/aromatic N) is 1. The Kier molecular flexibility index (Phi) is 5.47. The minimum atomic E-state index is 0.629. The van der Waals surface area contributed by atoms with E-state index in [9.17, 15) is 0 Å². The minimum Gasteiger partial charge on any atom is -0.493 e. The first-order valence-electron chi connectivity index (χ1n) is 6.11. The highest BCUT2D eigenvalue weighted by atomic mass is 79.9. The Balaban J connectivity index is 2.18. The number of methoxy groups -OCH3 is 2. The van der Waals surface area contributed by atoms with Gasteiger partial charge in [-0.25, -0.2) is 0 Å². The number of hydrogen-bond acceptors (Lipinski definition) is 4. The van der Waals surface area contributed by atoms with Crippen molar-refractivity contribution in [1.29, 1.82) is 0 Å². The summed E-state index contributed by atoms with van der Waals surface area (Å²) in [6.07, 6.45) is 1.69. The number of ether oxygens (including phenoxy) is 2. The fourth-order valence-electron chi connectivity index (χ4n) is 1.74. The van der Waals surface area contributed by atoms with E-state index in [0.29, 0.717) is 16.5 Å². The van der Waals surface area contributed by atoms with Crippen LogP contribution in [0.4, 0.5) is 5.69 Å². The number of halogens is 2. The van der Waals surface area contributed by atoms with Gasteiger partial charge in [-0.2, -0.15) is 5.10 Å². The molecule has 21 heavy (non-hydrogen) atoms. The Hall–Kier alpha value is -1.72. The maximum Gasteiger partial charge on any atom is 0.175 e. The molecular formula is C15H14BrClN2O2. The Bertz CT molecular complexity index is 662. The van der Waals surface area contributed by atoms with Gasteiger partial charge in [-0.3, -0.25) is 5.43 Å². The summed E-state index contributed by atoms with van der Waals surface area (Å²) in [7, 11) is 3.19. The standard InChI is InChI=1S/C15H14BrClN2O2/c1-20-13-7-6-10(14(16)15(13)21-2)9-18-19-12-5-3-4-11(17)8-12/h3-9,19H,1-2H3. The zero-order chi connectivity index (χ0) is 15.2. The molecule has 2 aromatic rings. The molecule has 0 bridgehead atoms. The molecule has 0 saturated carbocycles. The third-order valence-electron chi connectivity index (χ3n) is 2.74. The lowest BCUT2D eigenvalue weighted by Crippen LogP contribution is -1.96. The average Bonchev–Trinajstić information content (AvgIpc) is 2.48. The van der Waals surface area contributed by atoms with E-state index in [-0.39, 0.29) is 0 Å². The molecule has 4 nitrogen and oxygen atoms in total. The molecule has 0 aromatic heterocycles. The van der Waals surface area contributed by atoms with Gasteiger partial charge in [-0.1, -0.05) is 17.7 Å². The first-order chi connectivity index (χ1) is 10.2. The van der Waals surface area contributed by atoms with Crippen molar-refractivity contribution in [3.05, 3.63) is 51.5 Å². The molecule has 1 N–H and O–H groups in total. The van der Waals surface area contributed by atoms with Crippen LogP contribution in [0.5, 0.6) is 11.5 Å². The van der Waals surface area contributed by atoms with Gasteiger partial charge in [-0.15, -0.1) is 0 Å². The van der Waals surface area contributed by atoms with E-state index < -0.39 is 0 Å². The van der Waals surface area contributed by atoms with Crippen LogP contribution in [0.25, 0.3) is 0 Å². The number of rotatable bonds is 5. The quantitative estimate of drug-likeness (QED) is 0.620. The van der Waals surface area contributed by atoms with Gasteiger partial charge in [-0.05, 0) is 46.3 Å². The van der Waals surface area contributed by atoms with Crippen LogP contribution < -0.4 is 14.9 Å². The molecule has 110 valence electrons. The predicted molar refractivity (Wildman–Crippen MR) is 89.9 cm³/mol. The highest BCUT2D eigenvalue weighted by Gasteiger charge is 2.11. The molecule has 6 heteroatoms. The van der Waals surface area contributed by atoms with Crippen molar-refractivity contribution < 1.29 is 9.47 Å². The zero-order valence-corrected chi connectivity index (χ0v) is 13.9. The van der Waals surface area contributed by atoms with Crippen LogP contribution >= 0.6 is 27.5 Å². The minimum absolute atomic E-state index is 0.629. The van der Waals surface area contributed by atoms with Crippen molar-refractivity contribution >= 4 is 39.4 Å². The maximum atomic E-state index is 5.91. The van der Waals surface area contributed by atoms with Gasteiger partial charge in [0.1, 0.15) is 0 Å². The number of hydrazone groups is 1. The molecule has 2 rings (SSSR count). The van der Waals surface area contributed by atoms with Crippen molar-refractivity contribution in [2.75, 3.05) is 19.6 Å². The molecule has 0 aliphatic heterocycles. The van der Waals surface area contributed by atoms with Crippen molar-refractivity contribution in [3.63, 3.8) is 0 Å². The van der Waals surface area contributed by atoms with Crippen LogP contribution in [-0.2, 0) is 0 Å². The molecule has 0 saturated heterocycles. The van der Waals surface area contributed by atoms with Crippen LogP contribution in [-0.4, -0.2) is 20.4 Å². The van der Waals surface area contributed by atoms with E-state index >= 15 is 0 Å². The summed E-state index contributed by atoms with van der Waals surface area (Å²) < 4.78 is 11.3. The number of hydrogen-bond donors (Lipinski definition) is 1. The van der Waals surface area contributed by atoms with E-state index in [1.54, 1.807) is 32.6 Å². The average molecular weight is 370 g/mol. The predicted octanol–water partition coefficient (Wildman–Crippen LogP) is 4.57. The van der Waals surface area contributed by atoms with E-state index in [0.717, 1.165) is 15.7 Å². The van der Waals surface area contributed by atoms with Gasteiger partial charge in [0.05, 0.1) is 30.6 Å². The fraction of sp³-hybridized carbons (Fsp3) is 0.133. The first-order valence-corrected chi connectivity index (χ1v) is 7.28. The number of benzene rings is 2. The van der Waals surface area contributed by atoms with E-state index in [4.69, 9.17) is 21.1 Å². The van der Waals surface area contributed by atoms with Crippen LogP contribution in [0, 0.1) is 0 Å². The highest BCUT2D eigenvalue weighted by molar-refractivity contribution is 9.10. The van der Waals surface area contributed by atoms with Gasteiger partial charge >= 0.3 is 0 Å². The molecule has 0 aliphatic carbocycles. The summed E-state index contributed by atoms with van der Waals surface area (Å²) in [5.41, 5.74) is 4.60. The third kappa shape index (κ3) is 3.89. The highest BCUT2D eigenvalue weighted by Crippen LogP contribution is 2.36. The molecule has 0 atom stereocenters. The van der Waals surface area contributed by atoms with Crippen molar-refractivity contribution in [1.82, 2.24) is 0 Å². The van der Waals surface area contributed by atoms with Gasteiger partial charge in [0, 0.05) is 10.6 Å². The van der Waals surface area contributed by atoms with Crippen LogP contribution in [0.15, 0.2) is 46.0 Å². The van der Waals surface area contributed by atoms with E-state index in [1.165, 1.54) is 0 Å². The Morgan fingerprint density at radius 2 is 2.00 bits per heavy atom. The zero-order valence-electron chi connectivity index (χ0n) is 11.6. The Morgan fingerprint density at radius 3 is 2.67 bits per heavy atom. The molecular weight excluding hydrogens is 356 g/mol. The Morgan fingerprint density at radius 1 is 1.19 bits per heavy atom. The van der Waals surface area contributed by atoms with E-state index in [2.05, 4.69) is 26.5 Å². The summed E-state index contributed by atoms with van der Waals surface area (Å²) >= 11 is 9.40. The molecule has 0 amide bonds. The van der Waals surface area contributed by atoms with Crippen molar-refractivity contribution in [2.24, 2.45) is 5.10 Å². The lowest BCUT2D eigenvalue weighted by Gasteiger charge is -2.10. The Labute approximate surface area is 136 Å². The number of anilines is 1. The van der Waals surface area contributed by atoms with Gasteiger partial charge in [0.2, 0.25) is 0 Å². The molecule has 0 radical (unpaired) electrons. The van der Waals surface area contributed by atoms with Gasteiger partial charge in [0.25, 0.3) is 0 Å². The summed E-state index contributed by atoms with van der Waals surface area (Å²) in [5, 5.41) is 4.84. The molecule has 0 heterocycles. The largest absolute Gasteiger partial charge is 0.493 e. The molecule has 0 spiro atoms. The fourth-order valence-corrected chi connectivity index (χ4v) is 2.52. The first kappa shape index (κ1) is 15.7. The van der Waals surface area contributed by atoms with Crippen molar-refractivity contribution in [3.8, 4) is 11.5 Å². The molecule has 2 aromatic carbocycles.